The van der Waals surface area contributed by atoms with Crippen molar-refractivity contribution >= 4 is 40.7 Å². The van der Waals surface area contributed by atoms with Gasteiger partial charge in [-0.2, -0.15) is 0 Å². The van der Waals surface area contributed by atoms with Crippen LogP contribution in [0.3, 0.4) is 0 Å². The Morgan fingerprint density at radius 1 is 1.25 bits per heavy atom. The van der Waals surface area contributed by atoms with E-state index in [9.17, 15) is 18.8 Å². The number of rotatable bonds is 9. The highest BCUT2D eigenvalue weighted by Crippen LogP contribution is 2.29. The van der Waals surface area contributed by atoms with Crippen molar-refractivity contribution in [3.05, 3.63) is 58.9 Å². The summed E-state index contributed by atoms with van der Waals surface area (Å²) in [5.74, 6) is -2.13. The molecule has 2 aromatic rings. The maximum Gasteiger partial charge on any atom is 0.253 e. The zero-order valence-electron chi connectivity index (χ0n) is 17.7. The Bertz CT molecular complexity index is 1000. The summed E-state index contributed by atoms with van der Waals surface area (Å²) in [5, 5.41) is 5.49. The lowest BCUT2D eigenvalue weighted by molar-refractivity contribution is -0.122. The predicted molar refractivity (Wildman–Crippen MR) is 120 cm³/mol. The van der Waals surface area contributed by atoms with Crippen LogP contribution in [0.25, 0.3) is 0 Å². The van der Waals surface area contributed by atoms with Crippen LogP contribution in [0.4, 0.5) is 15.8 Å². The molecule has 1 fully saturated rings. The van der Waals surface area contributed by atoms with E-state index in [2.05, 4.69) is 10.6 Å². The third kappa shape index (κ3) is 5.83. The summed E-state index contributed by atoms with van der Waals surface area (Å²) in [6, 6.07) is 10.7. The molecule has 32 heavy (non-hydrogen) atoms. The fraction of sp³-hybridized carbons (Fsp3) is 0.348. The van der Waals surface area contributed by atoms with E-state index in [1.54, 1.807) is 24.3 Å². The molecule has 9 heteroatoms. The molecule has 3 rings (SSSR count). The molecule has 1 aliphatic rings. The van der Waals surface area contributed by atoms with Gasteiger partial charge >= 0.3 is 0 Å². The van der Waals surface area contributed by atoms with Crippen LogP contribution in [0.15, 0.2) is 42.5 Å². The van der Waals surface area contributed by atoms with Gasteiger partial charge < -0.3 is 20.3 Å². The first-order valence-corrected chi connectivity index (χ1v) is 10.8. The van der Waals surface area contributed by atoms with E-state index in [1.807, 2.05) is 6.92 Å². The van der Waals surface area contributed by atoms with E-state index >= 15 is 0 Å². The summed E-state index contributed by atoms with van der Waals surface area (Å²) in [6.07, 6.45) is 0.689. The van der Waals surface area contributed by atoms with Gasteiger partial charge in [-0.05, 0) is 43.7 Å². The van der Waals surface area contributed by atoms with Gasteiger partial charge in [-0.3, -0.25) is 14.4 Å². The maximum atomic E-state index is 13.4. The van der Waals surface area contributed by atoms with E-state index < -0.39 is 11.7 Å². The van der Waals surface area contributed by atoms with Gasteiger partial charge in [0.05, 0.1) is 22.2 Å². The number of ether oxygens (including phenoxy) is 1. The van der Waals surface area contributed by atoms with Crippen molar-refractivity contribution in [2.75, 3.05) is 36.5 Å². The number of halogens is 2. The summed E-state index contributed by atoms with van der Waals surface area (Å²) in [7, 11) is 0. The van der Waals surface area contributed by atoms with Crippen LogP contribution >= 0.6 is 11.6 Å². The van der Waals surface area contributed by atoms with Gasteiger partial charge in [-0.25, -0.2) is 4.39 Å². The Morgan fingerprint density at radius 3 is 2.78 bits per heavy atom. The molecular formula is C23H25ClFN3O4. The second-order valence-electron chi connectivity index (χ2n) is 7.35. The lowest BCUT2D eigenvalue weighted by Crippen LogP contribution is -2.30. The van der Waals surface area contributed by atoms with E-state index in [-0.39, 0.29) is 35.7 Å². The summed E-state index contributed by atoms with van der Waals surface area (Å²) in [6.45, 7) is 3.67. The highest BCUT2D eigenvalue weighted by molar-refractivity contribution is 6.31. The van der Waals surface area contributed by atoms with Crippen LogP contribution < -0.4 is 15.5 Å². The van der Waals surface area contributed by atoms with Gasteiger partial charge in [-0.1, -0.05) is 23.7 Å². The van der Waals surface area contributed by atoms with E-state index in [0.717, 1.165) is 0 Å². The third-order valence-corrected chi connectivity index (χ3v) is 5.39. The minimum Gasteiger partial charge on any atom is -0.382 e. The molecule has 3 amide bonds. The first kappa shape index (κ1) is 23.7. The molecule has 0 aliphatic carbocycles. The Morgan fingerprint density at radius 2 is 2.03 bits per heavy atom. The summed E-state index contributed by atoms with van der Waals surface area (Å²) in [5.41, 5.74) is 1.14. The SMILES string of the molecule is CCOCCCNC(=O)c1ccccc1NC(=O)C1CC(=O)N(c2ccc(F)c(Cl)c2)C1. The number of nitrogens with zero attached hydrogens (tertiary/aromatic N) is 1. The van der Waals surface area contributed by atoms with Crippen LogP contribution in [-0.2, 0) is 14.3 Å². The molecule has 2 aromatic carbocycles. The molecule has 1 atom stereocenters. The topological polar surface area (TPSA) is 87.7 Å². The molecular weight excluding hydrogens is 437 g/mol. The number of anilines is 2. The minimum absolute atomic E-state index is 0.00657. The lowest BCUT2D eigenvalue weighted by Gasteiger charge is -2.17. The number of hydrogen-bond acceptors (Lipinski definition) is 4. The fourth-order valence-corrected chi connectivity index (χ4v) is 3.60. The molecule has 1 unspecified atom stereocenters. The number of nitrogens with one attached hydrogen (secondary N) is 2. The Hall–Kier alpha value is -2.97. The van der Waals surface area contributed by atoms with Crippen LogP contribution in [0.1, 0.15) is 30.1 Å². The van der Waals surface area contributed by atoms with E-state index in [4.69, 9.17) is 16.3 Å². The van der Waals surface area contributed by atoms with Crippen LogP contribution in [-0.4, -0.2) is 44.0 Å². The molecule has 0 bridgehead atoms. The number of para-hydroxylation sites is 1. The van der Waals surface area contributed by atoms with Gasteiger partial charge in [0.25, 0.3) is 5.91 Å². The second kappa shape index (κ2) is 11.1. The highest BCUT2D eigenvalue weighted by atomic mass is 35.5. The number of amides is 3. The van der Waals surface area contributed by atoms with E-state index in [1.165, 1.54) is 23.1 Å². The quantitative estimate of drug-likeness (QED) is 0.558. The molecule has 1 heterocycles. The highest BCUT2D eigenvalue weighted by Gasteiger charge is 2.35. The molecule has 1 saturated heterocycles. The molecule has 7 nitrogen and oxygen atoms in total. The van der Waals surface area contributed by atoms with Crippen molar-refractivity contribution in [1.82, 2.24) is 5.32 Å². The summed E-state index contributed by atoms with van der Waals surface area (Å²) in [4.78, 5) is 39.2. The standard InChI is InChI=1S/C23H25ClFN3O4/c1-2-32-11-5-10-26-23(31)17-6-3-4-7-20(17)27-22(30)15-12-21(29)28(14-15)16-8-9-19(25)18(24)13-16/h3-4,6-9,13,15H,2,5,10-12,14H2,1H3,(H,26,31)(H,27,30). The average Bonchev–Trinajstić information content (AvgIpc) is 3.17. The van der Waals surface area contributed by atoms with Gasteiger partial charge in [-0.15, -0.1) is 0 Å². The van der Waals surface area contributed by atoms with Crippen LogP contribution in [0.5, 0.6) is 0 Å². The predicted octanol–water partition coefficient (Wildman–Crippen LogP) is 3.63. The monoisotopic (exact) mass is 461 g/mol. The van der Waals surface area contributed by atoms with Crippen molar-refractivity contribution in [3.8, 4) is 0 Å². The first-order chi connectivity index (χ1) is 15.4. The van der Waals surface area contributed by atoms with Gasteiger partial charge in [0, 0.05) is 38.4 Å². The van der Waals surface area contributed by atoms with Gasteiger partial charge in [0.1, 0.15) is 5.82 Å². The second-order valence-corrected chi connectivity index (χ2v) is 7.75. The molecule has 2 N–H and O–H groups in total. The number of hydrogen-bond donors (Lipinski definition) is 2. The van der Waals surface area contributed by atoms with Crippen molar-refractivity contribution in [2.45, 2.75) is 19.8 Å². The molecule has 0 radical (unpaired) electrons. The zero-order valence-corrected chi connectivity index (χ0v) is 18.5. The summed E-state index contributed by atoms with van der Waals surface area (Å²) >= 11 is 5.82. The molecule has 0 saturated carbocycles. The summed E-state index contributed by atoms with van der Waals surface area (Å²) < 4.78 is 18.7. The normalized spacial score (nSPS) is 15.7. The fourth-order valence-electron chi connectivity index (χ4n) is 3.43. The van der Waals surface area contributed by atoms with Crippen molar-refractivity contribution in [2.24, 2.45) is 5.92 Å². The lowest BCUT2D eigenvalue weighted by atomic mass is 10.1. The Balaban J connectivity index is 1.63. The Labute approximate surface area is 190 Å². The smallest absolute Gasteiger partial charge is 0.253 e. The Kier molecular flexibility index (Phi) is 8.19. The van der Waals surface area contributed by atoms with Crippen LogP contribution in [0, 0.1) is 11.7 Å². The number of carbonyl (C=O) groups is 3. The van der Waals surface area contributed by atoms with E-state index in [0.29, 0.717) is 43.1 Å². The minimum atomic E-state index is -0.617. The largest absolute Gasteiger partial charge is 0.382 e. The third-order valence-electron chi connectivity index (χ3n) is 5.10. The number of carbonyl (C=O) groups excluding carboxylic acids is 3. The molecule has 170 valence electrons. The average molecular weight is 462 g/mol. The van der Waals surface area contributed by atoms with Crippen molar-refractivity contribution in [1.29, 1.82) is 0 Å². The van der Waals surface area contributed by atoms with Gasteiger partial charge in [0.2, 0.25) is 11.8 Å². The van der Waals surface area contributed by atoms with Crippen LogP contribution in [0.2, 0.25) is 5.02 Å². The zero-order chi connectivity index (χ0) is 23.1. The molecule has 1 aliphatic heterocycles. The van der Waals surface area contributed by atoms with Crippen molar-refractivity contribution in [3.63, 3.8) is 0 Å². The van der Waals surface area contributed by atoms with Crippen molar-refractivity contribution < 1.29 is 23.5 Å². The number of benzene rings is 2. The van der Waals surface area contributed by atoms with Gasteiger partial charge in [0.15, 0.2) is 0 Å². The molecule has 0 aromatic heterocycles. The molecule has 0 spiro atoms. The maximum absolute atomic E-state index is 13.4. The first-order valence-electron chi connectivity index (χ1n) is 10.4.